The second-order valence-electron chi connectivity index (χ2n) is 19.5. The minimum absolute atomic E-state index is 0.00289. The predicted octanol–water partition coefficient (Wildman–Crippen LogP) is 5.42. The van der Waals surface area contributed by atoms with Crippen LogP contribution in [0.3, 0.4) is 0 Å². The number of fused-ring (bicyclic) bond motifs is 5. The van der Waals surface area contributed by atoms with Gasteiger partial charge in [-0.2, -0.15) is 0 Å². The fraction of sp³-hybridized carbons (Fsp3) is 0.463. The number of hydrogen-bond donors (Lipinski definition) is 4. The first-order chi connectivity index (χ1) is 33.2. The molecule has 372 valence electrons. The van der Waals surface area contributed by atoms with Crippen LogP contribution in [0.2, 0.25) is 0 Å². The van der Waals surface area contributed by atoms with Crippen molar-refractivity contribution in [2.24, 2.45) is 16.7 Å². The second-order valence-corrected chi connectivity index (χ2v) is 19.5. The average molecular weight is 964 g/mol. The van der Waals surface area contributed by atoms with Gasteiger partial charge in [-0.15, -0.1) is 0 Å². The zero-order chi connectivity index (χ0) is 50.8. The van der Waals surface area contributed by atoms with E-state index in [-0.39, 0.29) is 35.3 Å². The van der Waals surface area contributed by atoms with E-state index in [4.69, 9.17) is 23.7 Å². The molecule has 1 amide bonds. The molecule has 3 fully saturated rings. The van der Waals surface area contributed by atoms with Gasteiger partial charge in [0, 0.05) is 44.1 Å². The van der Waals surface area contributed by atoms with Gasteiger partial charge in [-0.1, -0.05) is 86.7 Å². The Labute approximate surface area is 406 Å². The number of hydrogen-bond acceptors (Lipinski definition) is 15. The Balaban J connectivity index is 0.000000820. The van der Waals surface area contributed by atoms with Crippen LogP contribution in [-0.4, -0.2) is 111 Å². The number of esters is 4. The lowest BCUT2D eigenvalue weighted by Gasteiger charge is -2.67. The molecule has 2 bridgehead atoms. The Hall–Kier alpha value is -6.33. The summed E-state index contributed by atoms with van der Waals surface area (Å²) in [4.78, 5) is 94.0. The third-order valence-corrected chi connectivity index (χ3v) is 14.8. The van der Waals surface area contributed by atoms with E-state index in [1.54, 1.807) is 98.8 Å². The Morgan fingerprint density at radius 3 is 2.01 bits per heavy atom. The minimum Gasteiger partial charge on any atom is -0.456 e. The highest BCUT2D eigenvalue weighted by atomic mass is 16.6. The number of ether oxygens (including phenoxy) is 5. The monoisotopic (exact) mass is 963 g/mol. The quantitative estimate of drug-likeness (QED) is 0.113. The number of carbonyl (C=O) groups is 7. The number of benzene rings is 3. The maximum atomic E-state index is 15.5. The lowest BCUT2D eigenvalue weighted by molar-refractivity contribution is -0.346. The molecule has 1 heterocycles. The summed E-state index contributed by atoms with van der Waals surface area (Å²) in [7, 11) is 0. The molecule has 1 aliphatic heterocycles. The van der Waals surface area contributed by atoms with Gasteiger partial charge >= 0.3 is 23.9 Å². The third kappa shape index (κ3) is 9.61. The molecule has 16 nitrogen and oxygen atoms in total. The summed E-state index contributed by atoms with van der Waals surface area (Å²) < 4.78 is 30.3. The number of amides is 1. The van der Waals surface area contributed by atoms with Gasteiger partial charge in [0.05, 0.1) is 35.6 Å². The summed E-state index contributed by atoms with van der Waals surface area (Å²) in [6, 6.07) is 22.9. The van der Waals surface area contributed by atoms with Gasteiger partial charge in [0.1, 0.15) is 23.9 Å². The van der Waals surface area contributed by atoms with Gasteiger partial charge in [0.15, 0.2) is 29.4 Å². The maximum Gasteiger partial charge on any atom is 0.338 e. The highest BCUT2D eigenvalue weighted by molar-refractivity contribution is 5.96. The van der Waals surface area contributed by atoms with Crippen molar-refractivity contribution in [3.8, 4) is 0 Å². The summed E-state index contributed by atoms with van der Waals surface area (Å²) in [5, 5.41) is 40.2. The largest absolute Gasteiger partial charge is 0.456 e. The third-order valence-electron chi connectivity index (χ3n) is 14.8. The fourth-order valence-corrected chi connectivity index (χ4v) is 11.0. The first-order valence-electron chi connectivity index (χ1n) is 23.6. The molecule has 4 aliphatic carbocycles. The van der Waals surface area contributed by atoms with Crippen LogP contribution in [0.25, 0.3) is 0 Å². The number of carbonyl (C=O) groups excluding carboxylic acids is 7. The van der Waals surface area contributed by atoms with Crippen molar-refractivity contribution in [3.05, 3.63) is 131 Å². The van der Waals surface area contributed by atoms with Crippen LogP contribution in [0.4, 0.5) is 0 Å². The molecule has 3 aromatic carbocycles. The van der Waals surface area contributed by atoms with Gasteiger partial charge in [0.25, 0.3) is 5.91 Å². The summed E-state index contributed by atoms with van der Waals surface area (Å²) >= 11 is 0. The second kappa shape index (κ2) is 20.6. The zero-order valence-corrected chi connectivity index (χ0v) is 40.1. The van der Waals surface area contributed by atoms with Crippen molar-refractivity contribution >= 4 is 41.4 Å². The Morgan fingerprint density at radius 1 is 0.814 bits per heavy atom. The molecule has 70 heavy (non-hydrogen) atoms. The van der Waals surface area contributed by atoms with Gasteiger partial charge in [0.2, 0.25) is 0 Å². The van der Waals surface area contributed by atoms with Crippen molar-refractivity contribution < 1.29 is 72.6 Å². The van der Waals surface area contributed by atoms with E-state index in [1.165, 1.54) is 32.4 Å². The van der Waals surface area contributed by atoms with Crippen molar-refractivity contribution in [1.29, 1.82) is 0 Å². The molecule has 0 spiro atoms. The Bertz CT molecular complexity index is 2540. The summed E-state index contributed by atoms with van der Waals surface area (Å²) in [5.74, 6) is -6.55. The average Bonchev–Trinajstić information content (AvgIpc) is 3.59. The molecule has 2 saturated carbocycles. The minimum atomic E-state index is -2.39. The number of allylic oxidation sites excluding steroid dienone is 2. The normalized spacial score (nSPS) is 30.6. The first-order valence-corrected chi connectivity index (χ1v) is 23.6. The highest BCUT2D eigenvalue weighted by Gasteiger charge is 2.78. The number of aliphatic hydroxyl groups is 3. The molecule has 8 rings (SSSR count). The Kier molecular flexibility index (Phi) is 15.1. The van der Waals surface area contributed by atoms with Crippen molar-refractivity contribution in [2.45, 2.75) is 134 Å². The van der Waals surface area contributed by atoms with E-state index >= 15 is 4.79 Å². The van der Waals surface area contributed by atoms with Crippen molar-refractivity contribution in [3.63, 3.8) is 0 Å². The van der Waals surface area contributed by atoms with Crippen LogP contribution in [0.15, 0.2) is 114 Å². The molecule has 0 radical (unpaired) electrons. The van der Waals surface area contributed by atoms with Gasteiger partial charge in [-0.05, 0) is 80.2 Å². The van der Waals surface area contributed by atoms with Crippen molar-refractivity contribution in [1.82, 2.24) is 5.32 Å². The molecule has 0 unspecified atom stereocenters. The molecular weight excluding hydrogens is 903 g/mol. The van der Waals surface area contributed by atoms with Gasteiger partial charge < -0.3 is 44.3 Å². The highest BCUT2D eigenvalue weighted by Crippen LogP contribution is 2.64. The van der Waals surface area contributed by atoms with Gasteiger partial charge in [-0.3, -0.25) is 24.0 Å². The SMILES string of the molecule is CC(=O)O[C@H]1C(=O)[C@@]2(C)[C@H]([C@H](OC(=O)c3ccccc3)[C@]3(O)C[C@H](OC(=O)[C@H](O)[C@@H](NC(=O)c4ccccc4)c4ccccc4)C(C)=C1C3(C)C)[C@]1(OC(C)=O)CO[C@@H]1C[C@@H]2O.O=C1C=CCCCC1. The van der Waals surface area contributed by atoms with Crippen LogP contribution >= 0.6 is 0 Å². The first kappa shape index (κ1) is 51.5. The topological polar surface area (TPSA) is 238 Å². The molecule has 0 aromatic heterocycles. The zero-order valence-electron chi connectivity index (χ0n) is 40.1. The Morgan fingerprint density at radius 2 is 1.43 bits per heavy atom. The number of rotatable bonds is 10. The van der Waals surface area contributed by atoms with Crippen LogP contribution in [0, 0.1) is 16.7 Å². The molecule has 16 heteroatoms. The van der Waals surface area contributed by atoms with Crippen molar-refractivity contribution in [2.75, 3.05) is 6.61 Å². The maximum absolute atomic E-state index is 15.5. The lowest BCUT2D eigenvalue weighted by Crippen LogP contribution is -2.82. The number of Topliss-reactive ketones (excluding diaryl/α,β-unsaturated/α-hetero) is 1. The molecule has 1 saturated heterocycles. The van der Waals surface area contributed by atoms with E-state index in [9.17, 15) is 44.1 Å². The van der Waals surface area contributed by atoms with E-state index in [0.717, 1.165) is 33.1 Å². The molecular formula is C54H61NO15. The lowest BCUT2D eigenvalue weighted by atomic mass is 9.44. The van der Waals surface area contributed by atoms with Crippen LogP contribution < -0.4 is 5.32 Å². The standard InChI is InChI=1S/C47H51NO14.C7H10O/c1-25-31(60-43(56)36(52)35(28-16-10-7-11-17-28)48-41(54)29-18-12-8-13-19-29)23-47(57)40(61-42(55)30-20-14-9-15-21-30)38-45(6,32(51)22-33-46(38,24-58-33)62-27(3)50)39(53)37(59-26(2)49)34(25)44(47,4)5;8-7-5-3-1-2-4-6-7/h7-21,31-33,35-38,40,51-52,57H,22-24H2,1-6H3,(H,48,54);3,5H,1-2,4,6H2/t31-,32-,33+,35-,36+,37+,38-,40-,45+,46-,47+;/m0./s1. The van der Waals surface area contributed by atoms with E-state index in [0.29, 0.717) is 11.3 Å². The fourth-order valence-electron chi connectivity index (χ4n) is 11.0. The number of aliphatic hydroxyl groups excluding tert-OH is 2. The smallest absolute Gasteiger partial charge is 0.338 e. The van der Waals surface area contributed by atoms with E-state index in [2.05, 4.69) is 5.32 Å². The van der Waals surface area contributed by atoms with Crippen LogP contribution in [0.5, 0.6) is 0 Å². The van der Waals surface area contributed by atoms with E-state index in [1.807, 2.05) is 6.08 Å². The molecule has 11 atom stereocenters. The van der Waals surface area contributed by atoms with Gasteiger partial charge in [-0.25, -0.2) is 9.59 Å². The molecule has 5 aliphatic rings. The molecule has 4 N–H and O–H groups in total. The number of ketones is 2. The summed E-state index contributed by atoms with van der Waals surface area (Å²) in [6.07, 6.45) is -2.74. The predicted molar refractivity (Wildman–Crippen MR) is 250 cm³/mol. The van der Waals surface area contributed by atoms with Crippen LogP contribution in [0.1, 0.15) is 112 Å². The summed E-state index contributed by atoms with van der Waals surface area (Å²) in [6.45, 7) is 7.97. The number of nitrogens with one attached hydrogen (secondary N) is 1. The summed E-state index contributed by atoms with van der Waals surface area (Å²) in [5.41, 5.74) is -7.02. The molecule has 3 aromatic rings. The van der Waals surface area contributed by atoms with E-state index < -0.39 is 113 Å². The van der Waals surface area contributed by atoms with Crippen LogP contribution in [-0.2, 0) is 47.7 Å².